The van der Waals surface area contributed by atoms with Crippen molar-refractivity contribution in [3.05, 3.63) is 98.9 Å². The minimum atomic E-state index is -0.603. The molecule has 1 heterocycles. The van der Waals surface area contributed by atoms with Gasteiger partial charge in [0.1, 0.15) is 28.9 Å². The first-order valence-electron chi connectivity index (χ1n) is 9.44. The topological polar surface area (TPSA) is 94.6 Å². The SMILES string of the molecule is COc1ccc(C(=O)Oc2ccc3c(c2)OC(N)=C(C#N)C3c2ccccc2Cl)cc1Cl. The van der Waals surface area contributed by atoms with Crippen molar-refractivity contribution in [3.8, 4) is 23.3 Å². The van der Waals surface area contributed by atoms with E-state index in [0.29, 0.717) is 27.1 Å². The molecule has 1 aliphatic rings. The highest BCUT2D eigenvalue weighted by atomic mass is 35.5. The van der Waals surface area contributed by atoms with Crippen molar-refractivity contribution in [1.29, 1.82) is 5.26 Å². The molecule has 0 aliphatic carbocycles. The summed E-state index contributed by atoms with van der Waals surface area (Å²) in [7, 11) is 1.49. The number of nitrogens with two attached hydrogens (primary N) is 1. The Balaban J connectivity index is 1.68. The van der Waals surface area contributed by atoms with E-state index in [1.807, 2.05) is 12.1 Å². The third-order valence-electron chi connectivity index (χ3n) is 5.00. The zero-order valence-electron chi connectivity index (χ0n) is 16.8. The van der Waals surface area contributed by atoms with E-state index in [1.165, 1.54) is 13.2 Å². The van der Waals surface area contributed by atoms with Crippen LogP contribution in [0, 0.1) is 11.3 Å². The van der Waals surface area contributed by atoms with Crippen LogP contribution < -0.4 is 19.9 Å². The number of carbonyl (C=O) groups is 1. The Kier molecular flexibility index (Phi) is 5.95. The third kappa shape index (κ3) is 3.96. The summed E-state index contributed by atoms with van der Waals surface area (Å²) in [6.45, 7) is 0. The fraction of sp³-hybridized carbons (Fsp3) is 0.0833. The maximum absolute atomic E-state index is 12.6. The lowest BCUT2D eigenvalue weighted by molar-refractivity contribution is 0.0734. The summed E-state index contributed by atoms with van der Waals surface area (Å²) in [6.07, 6.45) is 0. The van der Waals surface area contributed by atoms with Crippen LogP contribution in [0.2, 0.25) is 10.0 Å². The van der Waals surface area contributed by atoms with Crippen molar-refractivity contribution in [2.24, 2.45) is 5.73 Å². The molecule has 1 atom stereocenters. The molecule has 6 nitrogen and oxygen atoms in total. The number of halogens is 2. The molecule has 3 aromatic rings. The second-order valence-corrected chi connectivity index (χ2v) is 7.70. The Morgan fingerprint density at radius 1 is 1.06 bits per heavy atom. The summed E-state index contributed by atoms with van der Waals surface area (Å²) in [5.74, 6) is -0.0880. The molecule has 3 aromatic carbocycles. The second-order valence-electron chi connectivity index (χ2n) is 6.88. The van der Waals surface area contributed by atoms with Crippen LogP contribution >= 0.6 is 23.2 Å². The second kappa shape index (κ2) is 8.83. The van der Waals surface area contributed by atoms with Crippen LogP contribution in [0.25, 0.3) is 0 Å². The monoisotopic (exact) mass is 466 g/mol. The Hall–Kier alpha value is -3.66. The number of carbonyl (C=O) groups excluding carboxylic acids is 1. The number of fused-ring (bicyclic) bond motifs is 1. The number of nitriles is 1. The fourth-order valence-electron chi connectivity index (χ4n) is 3.49. The summed E-state index contributed by atoms with van der Waals surface area (Å²) >= 11 is 12.5. The Labute approximate surface area is 194 Å². The zero-order valence-corrected chi connectivity index (χ0v) is 18.3. The van der Waals surface area contributed by atoms with Crippen LogP contribution in [0.1, 0.15) is 27.4 Å². The average molecular weight is 467 g/mol. The van der Waals surface area contributed by atoms with Gasteiger partial charge in [0.15, 0.2) is 0 Å². The molecule has 0 saturated carbocycles. The van der Waals surface area contributed by atoms with Gasteiger partial charge < -0.3 is 19.9 Å². The van der Waals surface area contributed by atoms with Crippen molar-refractivity contribution in [2.75, 3.05) is 7.11 Å². The van der Waals surface area contributed by atoms with Crippen molar-refractivity contribution in [2.45, 2.75) is 5.92 Å². The van der Waals surface area contributed by atoms with Gasteiger partial charge in [0.2, 0.25) is 5.88 Å². The number of methoxy groups -OCH3 is 1. The lowest BCUT2D eigenvalue weighted by Gasteiger charge is -2.27. The van der Waals surface area contributed by atoms with E-state index < -0.39 is 11.9 Å². The number of hydrogen-bond acceptors (Lipinski definition) is 6. The molecule has 0 spiro atoms. The maximum atomic E-state index is 12.6. The number of hydrogen-bond donors (Lipinski definition) is 1. The predicted octanol–water partition coefficient (Wildman–Crippen LogP) is 5.44. The van der Waals surface area contributed by atoms with E-state index in [9.17, 15) is 10.1 Å². The van der Waals surface area contributed by atoms with Gasteiger partial charge in [-0.25, -0.2) is 4.79 Å². The Morgan fingerprint density at radius 3 is 2.53 bits per heavy atom. The first-order chi connectivity index (χ1) is 15.4. The number of nitrogens with zero attached hydrogens (tertiary/aromatic N) is 1. The average Bonchev–Trinajstić information content (AvgIpc) is 2.78. The van der Waals surface area contributed by atoms with Crippen molar-refractivity contribution < 1.29 is 19.0 Å². The standard InChI is InChI=1S/C24H16Cl2N2O4/c1-30-20-9-6-13(10-19(20)26)24(29)31-14-7-8-16-21(11-14)32-23(28)17(12-27)22(16)15-4-2-3-5-18(15)25/h2-11,22H,28H2,1H3. The fourth-order valence-corrected chi connectivity index (χ4v) is 3.99. The van der Waals surface area contributed by atoms with Crippen LogP contribution in [0.4, 0.5) is 0 Å². The van der Waals surface area contributed by atoms with Crippen LogP contribution in [-0.2, 0) is 0 Å². The molecular weight excluding hydrogens is 451 g/mol. The number of benzene rings is 3. The molecule has 160 valence electrons. The van der Waals surface area contributed by atoms with Gasteiger partial charge in [-0.15, -0.1) is 0 Å². The molecule has 1 unspecified atom stereocenters. The highest BCUT2D eigenvalue weighted by Gasteiger charge is 2.32. The molecule has 0 amide bonds. The van der Waals surface area contributed by atoms with Gasteiger partial charge in [0, 0.05) is 16.7 Å². The van der Waals surface area contributed by atoms with Crippen molar-refractivity contribution >= 4 is 29.2 Å². The largest absolute Gasteiger partial charge is 0.495 e. The lowest BCUT2D eigenvalue weighted by Crippen LogP contribution is -2.21. The van der Waals surface area contributed by atoms with Gasteiger partial charge in [-0.2, -0.15) is 5.26 Å². The molecule has 0 saturated heterocycles. The number of rotatable bonds is 4. The third-order valence-corrected chi connectivity index (χ3v) is 5.64. The quantitative estimate of drug-likeness (QED) is 0.406. The minimum absolute atomic E-state index is 0.0321. The van der Waals surface area contributed by atoms with E-state index in [4.69, 9.17) is 43.1 Å². The van der Waals surface area contributed by atoms with E-state index in [-0.39, 0.29) is 22.8 Å². The molecule has 32 heavy (non-hydrogen) atoms. The molecule has 2 N–H and O–H groups in total. The summed E-state index contributed by atoms with van der Waals surface area (Å²) in [4.78, 5) is 12.6. The molecule has 0 radical (unpaired) electrons. The molecular formula is C24H16Cl2N2O4. The molecule has 0 aromatic heterocycles. The molecule has 4 rings (SSSR count). The van der Waals surface area contributed by atoms with Crippen molar-refractivity contribution in [3.63, 3.8) is 0 Å². The Bertz CT molecular complexity index is 1300. The van der Waals surface area contributed by atoms with E-state index in [0.717, 1.165) is 5.56 Å². The molecule has 8 heteroatoms. The molecule has 0 fully saturated rings. The van der Waals surface area contributed by atoms with Gasteiger partial charge in [-0.3, -0.25) is 0 Å². The van der Waals surface area contributed by atoms with Crippen LogP contribution in [0.3, 0.4) is 0 Å². The van der Waals surface area contributed by atoms with Gasteiger partial charge in [0.05, 0.1) is 23.6 Å². The van der Waals surface area contributed by atoms with Gasteiger partial charge >= 0.3 is 5.97 Å². The summed E-state index contributed by atoms with van der Waals surface area (Å²) in [5, 5.41) is 10.5. The van der Waals surface area contributed by atoms with E-state index in [2.05, 4.69) is 6.07 Å². The number of allylic oxidation sites excluding steroid dienone is 1. The predicted molar refractivity (Wildman–Crippen MR) is 120 cm³/mol. The van der Waals surface area contributed by atoms with Gasteiger partial charge in [0.25, 0.3) is 0 Å². The van der Waals surface area contributed by atoms with E-state index >= 15 is 0 Å². The first-order valence-corrected chi connectivity index (χ1v) is 10.2. The summed E-state index contributed by atoms with van der Waals surface area (Å²) < 4.78 is 16.2. The normalized spacial score (nSPS) is 14.8. The first kappa shape index (κ1) is 21.6. The van der Waals surface area contributed by atoms with Crippen LogP contribution in [-0.4, -0.2) is 13.1 Å². The Morgan fingerprint density at radius 2 is 1.84 bits per heavy atom. The number of esters is 1. The van der Waals surface area contributed by atoms with E-state index in [1.54, 1.807) is 42.5 Å². The van der Waals surface area contributed by atoms with Gasteiger partial charge in [-0.05, 0) is 35.9 Å². The molecule has 0 bridgehead atoms. The lowest BCUT2D eigenvalue weighted by atomic mass is 9.83. The van der Waals surface area contributed by atoms with Crippen LogP contribution in [0.5, 0.6) is 17.2 Å². The molecule has 1 aliphatic heterocycles. The summed E-state index contributed by atoms with van der Waals surface area (Å²) in [5.41, 5.74) is 7.93. The van der Waals surface area contributed by atoms with Crippen molar-refractivity contribution in [1.82, 2.24) is 0 Å². The summed E-state index contributed by atoms with van der Waals surface area (Å²) in [6, 6.07) is 18.8. The highest BCUT2D eigenvalue weighted by Crippen LogP contribution is 2.45. The maximum Gasteiger partial charge on any atom is 0.343 e. The van der Waals surface area contributed by atoms with Crippen LogP contribution in [0.15, 0.2) is 72.1 Å². The van der Waals surface area contributed by atoms with Gasteiger partial charge in [-0.1, -0.05) is 47.5 Å². The smallest absolute Gasteiger partial charge is 0.343 e. The number of ether oxygens (including phenoxy) is 3. The minimum Gasteiger partial charge on any atom is -0.495 e. The zero-order chi connectivity index (χ0) is 22.8. The highest BCUT2D eigenvalue weighted by molar-refractivity contribution is 6.32.